The Morgan fingerprint density at radius 2 is 2.25 bits per heavy atom. The van der Waals surface area contributed by atoms with Gasteiger partial charge in [0.2, 0.25) is 5.91 Å². The van der Waals surface area contributed by atoms with Gasteiger partial charge in [-0.3, -0.25) is 4.79 Å². The van der Waals surface area contributed by atoms with Gasteiger partial charge in [0.1, 0.15) is 0 Å². The molecule has 1 aromatic heterocycles. The van der Waals surface area contributed by atoms with Gasteiger partial charge in [0, 0.05) is 35.3 Å². The van der Waals surface area contributed by atoms with E-state index in [4.69, 9.17) is 16.3 Å². The molecular formula is C15H19Cl2N3O2S2. The Labute approximate surface area is 160 Å². The molecule has 0 aliphatic rings. The number of hydrogen-bond donors (Lipinski definition) is 2. The molecule has 1 heterocycles. The van der Waals surface area contributed by atoms with Gasteiger partial charge in [-0.25, -0.2) is 4.98 Å². The van der Waals surface area contributed by atoms with E-state index in [0.717, 1.165) is 14.9 Å². The van der Waals surface area contributed by atoms with Gasteiger partial charge in [-0.05, 0) is 25.1 Å². The van der Waals surface area contributed by atoms with Crippen molar-refractivity contribution in [1.29, 1.82) is 0 Å². The second-order valence-electron chi connectivity index (χ2n) is 4.72. The van der Waals surface area contributed by atoms with Crippen LogP contribution in [0.4, 0.5) is 5.69 Å². The Hall–Kier alpha value is -0.830. The topological polar surface area (TPSA) is 63.2 Å². The second kappa shape index (κ2) is 10.9. The third kappa shape index (κ3) is 6.96. The minimum absolute atomic E-state index is 0. The van der Waals surface area contributed by atoms with Crippen LogP contribution in [0.25, 0.3) is 0 Å². The molecule has 0 atom stereocenters. The molecule has 5 nitrogen and oxygen atoms in total. The van der Waals surface area contributed by atoms with Crippen LogP contribution in [0.2, 0.25) is 5.02 Å². The van der Waals surface area contributed by atoms with E-state index in [-0.39, 0.29) is 24.9 Å². The monoisotopic (exact) mass is 407 g/mol. The summed E-state index contributed by atoms with van der Waals surface area (Å²) < 4.78 is 5.85. The van der Waals surface area contributed by atoms with Gasteiger partial charge in [-0.2, -0.15) is 0 Å². The van der Waals surface area contributed by atoms with Crippen LogP contribution < -0.4 is 10.6 Å². The molecule has 0 radical (unpaired) electrons. The first kappa shape index (κ1) is 21.2. The summed E-state index contributed by atoms with van der Waals surface area (Å²) in [7, 11) is 1.62. The molecule has 0 saturated heterocycles. The van der Waals surface area contributed by atoms with Gasteiger partial charge in [0.25, 0.3) is 0 Å². The van der Waals surface area contributed by atoms with E-state index in [1.807, 2.05) is 24.4 Å². The first-order valence-corrected chi connectivity index (χ1v) is 9.05. The molecule has 0 unspecified atom stereocenters. The zero-order valence-corrected chi connectivity index (χ0v) is 16.5. The summed E-state index contributed by atoms with van der Waals surface area (Å²) in [6.07, 6.45) is 0. The summed E-state index contributed by atoms with van der Waals surface area (Å²) in [5, 5.41) is 8.38. The molecule has 2 aromatic rings. The smallest absolute Gasteiger partial charge is 0.238 e. The van der Waals surface area contributed by atoms with Crippen LogP contribution >= 0.6 is 47.1 Å². The summed E-state index contributed by atoms with van der Waals surface area (Å²) in [5.41, 5.74) is 1.67. The molecule has 0 aliphatic heterocycles. The van der Waals surface area contributed by atoms with Crippen LogP contribution in [0.15, 0.2) is 32.8 Å². The van der Waals surface area contributed by atoms with E-state index in [9.17, 15) is 4.79 Å². The molecule has 1 amide bonds. The minimum atomic E-state index is -0.117. The average Bonchev–Trinajstić information content (AvgIpc) is 2.92. The van der Waals surface area contributed by atoms with Gasteiger partial charge in [-0.15, -0.1) is 23.7 Å². The predicted octanol–water partition coefficient (Wildman–Crippen LogP) is 3.85. The van der Waals surface area contributed by atoms with E-state index in [1.165, 1.54) is 11.8 Å². The number of ether oxygens (including phenoxy) is 1. The van der Waals surface area contributed by atoms with Crippen LogP contribution in [0, 0.1) is 6.92 Å². The van der Waals surface area contributed by atoms with Crippen LogP contribution in [0.5, 0.6) is 0 Å². The van der Waals surface area contributed by atoms with Crippen LogP contribution in [-0.2, 0) is 9.53 Å². The number of methoxy groups -OCH3 is 1. The van der Waals surface area contributed by atoms with Gasteiger partial charge in [0.05, 0.1) is 18.2 Å². The zero-order chi connectivity index (χ0) is 16.7. The van der Waals surface area contributed by atoms with Crippen molar-refractivity contribution in [2.75, 3.05) is 32.1 Å². The first-order valence-electron chi connectivity index (χ1n) is 6.97. The number of thiazole rings is 1. The molecule has 0 spiro atoms. The zero-order valence-electron chi connectivity index (χ0n) is 13.3. The fourth-order valence-corrected chi connectivity index (χ4v) is 3.81. The highest BCUT2D eigenvalue weighted by Gasteiger charge is 2.08. The van der Waals surface area contributed by atoms with Gasteiger partial charge in [0.15, 0.2) is 4.34 Å². The lowest BCUT2D eigenvalue weighted by molar-refractivity contribution is -0.115. The van der Waals surface area contributed by atoms with Crippen LogP contribution in [0.3, 0.4) is 0 Å². The number of carbonyl (C=O) groups is 1. The summed E-state index contributed by atoms with van der Waals surface area (Å²) in [6.45, 7) is 3.39. The molecule has 0 fully saturated rings. The number of hydrogen-bond acceptors (Lipinski definition) is 6. The molecule has 132 valence electrons. The largest absolute Gasteiger partial charge is 0.383 e. The van der Waals surface area contributed by atoms with Gasteiger partial charge >= 0.3 is 0 Å². The first-order chi connectivity index (χ1) is 11.1. The van der Waals surface area contributed by atoms with Crippen molar-refractivity contribution in [3.8, 4) is 0 Å². The third-order valence-electron chi connectivity index (χ3n) is 2.78. The lowest BCUT2D eigenvalue weighted by Gasteiger charge is -2.08. The molecular weight excluding hydrogens is 389 g/mol. The number of aryl methyl sites for hydroxylation is 1. The van der Waals surface area contributed by atoms with Crippen molar-refractivity contribution in [2.24, 2.45) is 0 Å². The van der Waals surface area contributed by atoms with Crippen molar-refractivity contribution in [2.45, 2.75) is 16.2 Å². The maximum Gasteiger partial charge on any atom is 0.238 e. The van der Waals surface area contributed by atoms with E-state index in [2.05, 4.69) is 15.6 Å². The molecule has 0 aliphatic carbocycles. The van der Waals surface area contributed by atoms with E-state index < -0.39 is 0 Å². The third-order valence-corrected chi connectivity index (χ3v) is 5.34. The maximum atomic E-state index is 11.8. The number of benzene rings is 1. The van der Waals surface area contributed by atoms with E-state index >= 15 is 0 Å². The number of nitrogens with zero attached hydrogens (tertiary/aromatic N) is 1. The van der Waals surface area contributed by atoms with Crippen molar-refractivity contribution >= 4 is 58.7 Å². The van der Waals surface area contributed by atoms with Crippen molar-refractivity contribution < 1.29 is 9.53 Å². The standard InChI is InChI=1S/C15H18ClN3O2S2.ClH/c1-10-9-22-15(18-10)23-13-4-3-11(7-12(13)16)19-14(20)8-17-5-6-21-2;/h3-4,7,9,17H,5-6,8H2,1-2H3,(H,19,20);1H. The quantitative estimate of drug-likeness (QED) is 0.650. The number of nitrogens with one attached hydrogen (secondary N) is 2. The summed E-state index contributed by atoms with van der Waals surface area (Å²) in [4.78, 5) is 17.1. The van der Waals surface area contributed by atoms with Crippen molar-refractivity contribution in [3.63, 3.8) is 0 Å². The molecule has 24 heavy (non-hydrogen) atoms. The normalized spacial score (nSPS) is 10.3. The number of halogens is 2. The number of rotatable bonds is 8. The van der Waals surface area contributed by atoms with Gasteiger partial charge in [-0.1, -0.05) is 23.4 Å². The SMILES string of the molecule is COCCNCC(=O)Nc1ccc(Sc2nc(C)cs2)c(Cl)c1.Cl. The lowest BCUT2D eigenvalue weighted by atomic mass is 10.3. The number of amides is 1. The predicted molar refractivity (Wildman–Crippen MR) is 103 cm³/mol. The Bertz CT molecular complexity index is 668. The van der Waals surface area contributed by atoms with E-state index in [1.54, 1.807) is 24.5 Å². The molecule has 0 bridgehead atoms. The molecule has 9 heteroatoms. The lowest BCUT2D eigenvalue weighted by Crippen LogP contribution is -2.30. The maximum absolute atomic E-state index is 11.8. The highest BCUT2D eigenvalue weighted by atomic mass is 35.5. The van der Waals surface area contributed by atoms with Crippen LogP contribution in [-0.4, -0.2) is 37.7 Å². The summed E-state index contributed by atoms with van der Waals surface area (Å²) >= 11 is 9.39. The number of anilines is 1. The fraction of sp³-hybridized carbons (Fsp3) is 0.333. The Kier molecular flexibility index (Phi) is 9.65. The highest BCUT2D eigenvalue weighted by molar-refractivity contribution is 8.01. The second-order valence-corrected chi connectivity index (χ2v) is 7.27. The van der Waals surface area contributed by atoms with Crippen molar-refractivity contribution in [1.82, 2.24) is 10.3 Å². The Morgan fingerprint density at radius 1 is 1.46 bits per heavy atom. The minimum Gasteiger partial charge on any atom is -0.383 e. The van der Waals surface area contributed by atoms with Gasteiger partial charge < -0.3 is 15.4 Å². The molecule has 2 N–H and O–H groups in total. The molecule has 1 aromatic carbocycles. The average molecular weight is 408 g/mol. The van der Waals surface area contributed by atoms with E-state index in [0.29, 0.717) is 23.9 Å². The summed E-state index contributed by atoms with van der Waals surface area (Å²) in [5.74, 6) is -0.117. The molecule has 0 saturated carbocycles. The Morgan fingerprint density at radius 3 is 2.88 bits per heavy atom. The molecule has 2 rings (SSSR count). The Balaban J connectivity index is 0.00000288. The fourth-order valence-electron chi connectivity index (χ4n) is 1.72. The summed E-state index contributed by atoms with van der Waals surface area (Å²) in [6, 6.07) is 5.47. The number of carbonyl (C=O) groups excluding carboxylic acids is 1. The highest BCUT2D eigenvalue weighted by Crippen LogP contribution is 2.36. The number of aromatic nitrogens is 1. The van der Waals surface area contributed by atoms with Crippen molar-refractivity contribution in [3.05, 3.63) is 34.3 Å². The van der Waals surface area contributed by atoms with Crippen LogP contribution in [0.1, 0.15) is 5.69 Å².